The third kappa shape index (κ3) is 4.74. The van der Waals surface area contributed by atoms with Gasteiger partial charge in [-0.15, -0.1) is 0 Å². The number of H-pyrrole nitrogens is 1. The first-order valence-corrected chi connectivity index (χ1v) is 7.37. The van der Waals surface area contributed by atoms with Gasteiger partial charge >= 0.3 is 0 Å². The van der Waals surface area contributed by atoms with Gasteiger partial charge in [-0.25, -0.2) is 4.98 Å². The molecule has 1 heterocycles. The van der Waals surface area contributed by atoms with Crippen molar-refractivity contribution < 1.29 is 4.79 Å². The average molecular weight is 285 g/mol. The van der Waals surface area contributed by atoms with Crippen LogP contribution in [0.4, 0.5) is 0 Å². The number of nitrogens with zero attached hydrogens (tertiary/aromatic N) is 1. The van der Waals surface area contributed by atoms with Gasteiger partial charge in [0.05, 0.1) is 6.33 Å². The van der Waals surface area contributed by atoms with Gasteiger partial charge in [-0.1, -0.05) is 44.2 Å². The van der Waals surface area contributed by atoms with Crippen LogP contribution in [0, 0.1) is 5.41 Å². The van der Waals surface area contributed by atoms with E-state index in [1.165, 1.54) is 5.56 Å². The lowest BCUT2D eigenvalue weighted by Gasteiger charge is -2.22. The molecule has 1 aromatic heterocycles. The summed E-state index contributed by atoms with van der Waals surface area (Å²) in [5.74, 6) is 0.0881. The van der Waals surface area contributed by atoms with E-state index in [0.29, 0.717) is 13.0 Å². The summed E-state index contributed by atoms with van der Waals surface area (Å²) in [6.07, 6.45) is 6.02. The van der Waals surface area contributed by atoms with E-state index in [9.17, 15) is 4.79 Å². The highest BCUT2D eigenvalue weighted by Crippen LogP contribution is 2.20. The van der Waals surface area contributed by atoms with E-state index >= 15 is 0 Å². The Hall–Kier alpha value is -2.10. The zero-order valence-electron chi connectivity index (χ0n) is 12.7. The van der Waals surface area contributed by atoms with Gasteiger partial charge in [-0.2, -0.15) is 0 Å². The lowest BCUT2D eigenvalue weighted by molar-refractivity contribution is -0.129. The Kier molecular flexibility index (Phi) is 5.14. The summed E-state index contributed by atoms with van der Waals surface area (Å²) < 4.78 is 0. The van der Waals surface area contributed by atoms with Crippen LogP contribution in [-0.4, -0.2) is 22.4 Å². The number of rotatable bonds is 7. The SMILES string of the molecule is CC(C)(Cc1cnc[nH]1)C(=O)NCCCc1ccccc1. The molecular weight excluding hydrogens is 262 g/mol. The first kappa shape index (κ1) is 15.3. The maximum atomic E-state index is 12.3. The van der Waals surface area contributed by atoms with Crippen LogP contribution in [0.3, 0.4) is 0 Å². The van der Waals surface area contributed by atoms with Crippen LogP contribution in [0.15, 0.2) is 42.9 Å². The minimum atomic E-state index is -0.431. The van der Waals surface area contributed by atoms with Crippen LogP contribution in [0.25, 0.3) is 0 Å². The lowest BCUT2D eigenvalue weighted by Crippen LogP contribution is -2.39. The van der Waals surface area contributed by atoms with Crippen molar-refractivity contribution in [2.75, 3.05) is 6.54 Å². The summed E-state index contributed by atoms with van der Waals surface area (Å²) in [5, 5.41) is 3.03. The van der Waals surface area contributed by atoms with Crippen molar-refractivity contribution in [3.8, 4) is 0 Å². The van der Waals surface area contributed by atoms with Crippen LogP contribution in [0.1, 0.15) is 31.5 Å². The van der Waals surface area contributed by atoms with E-state index < -0.39 is 5.41 Å². The number of benzene rings is 1. The van der Waals surface area contributed by atoms with Gasteiger partial charge < -0.3 is 10.3 Å². The summed E-state index contributed by atoms with van der Waals surface area (Å²) in [4.78, 5) is 19.3. The second kappa shape index (κ2) is 7.07. The molecule has 4 heteroatoms. The lowest BCUT2D eigenvalue weighted by atomic mass is 9.87. The summed E-state index contributed by atoms with van der Waals surface area (Å²) in [6.45, 7) is 4.63. The van der Waals surface area contributed by atoms with Gasteiger partial charge in [0, 0.05) is 30.3 Å². The molecule has 0 bridgehead atoms. The molecule has 0 atom stereocenters. The Bertz CT molecular complexity index is 547. The third-order valence-corrected chi connectivity index (χ3v) is 3.57. The predicted molar refractivity (Wildman–Crippen MR) is 83.8 cm³/mol. The smallest absolute Gasteiger partial charge is 0.226 e. The van der Waals surface area contributed by atoms with Crippen molar-refractivity contribution in [3.05, 3.63) is 54.1 Å². The number of amides is 1. The Morgan fingerprint density at radius 2 is 2.05 bits per heavy atom. The van der Waals surface area contributed by atoms with Crippen molar-refractivity contribution in [3.63, 3.8) is 0 Å². The molecule has 0 radical (unpaired) electrons. The van der Waals surface area contributed by atoms with Gasteiger partial charge in [0.2, 0.25) is 5.91 Å². The molecule has 0 aliphatic heterocycles. The summed E-state index contributed by atoms with van der Waals surface area (Å²) in [6, 6.07) is 10.3. The normalized spacial score (nSPS) is 11.3. The fraction of sp³-hybridized carbons (Fsp3) is 0.412. The third-order valence-electron chi connectivity index (χ3n) is 3.57. The quantitative estimate of drug-likeness (QED) is 0.768. The number of carbonyl (C=O) groups is 1. The van der Waals surface area contributed by atoms with Crippen LogP contribution in [-0.2, 0) is 17.6 Å². The molecule has 0 saturated carbocycles. The fourth-order valence-electron chi connectivity index (χ4n) is 2.32. The molecule has 0 spiro atoms. The number of carbonyl (C=O) groups excluding carboxylic acids is 1. The average Bonchev–Trinajstić information content (AvgIpc) is 2.96. The molecule has 21 heavy (non-hydrogen) atoms. The number of nitrogens with one attached hydrogen (secondary N) is 2. The van der Waals surface area contributed by atoms with Gasteiger partial charge in [-0.3, -0.25) is 4.79 Å². The fourth-order valence-corrected chi connectivity index (χ4v) is 2.32. The van der Waals surface area contributed by atoms with E-state index in [4.69, 9.17) is 0 Å². The maximum Gasteiger partial charge on any atom is 0.226 e. The number of hydrogen-bond acceptors (Lipinski definition) is 2. The number of hydrogen-bond donors (Lipinski definition) is 2. The predicted octanol–water partition coefficient (Wildman–Crippen LogP) is 2.73. The highest BCUT2D eigenvalue weighted by atomic mass is 16.2. The van der Waals surface area contributed by atoms with E-state index in [1.54, 1.807) is 12.5 Å². The van der Waals surface area contributed by atoms with E-state index in [2.05, 4.69) is 27.4 Å². The Labute approximate surface area is 126 Å². The minimum absolute atomic E-state index is 0.0881. The Balaban J connectivity index is 1.73. The van der Waals surface area contributed by atoms with Crippen molar-refractivity contribution in [1.29, 1.82) is 0 Å². The molecule has 0 aliphatic rings. The van der Waals surface area contributed by atoms with Crippen molar-refractivity contribution in [2.45, 2.75) is 33.1 Å². The zero-order chi connectivity index (χ0) is 15.1. The molecule has 112 valence electrons. The number of imidazole rings is 1. The second-order valence-electron chi connectivity index (χ2n) is 5.98. The van der Waals surface area contributed by atoms with Crippen LogP contribution >= 0.6 is 0 Å². The van der Waals surface area contributed by atoms with Gasteiger partial charge in [-0.05, 0) is 18.4 Å². The minimum Gasteiger partial charge on any atom is -0.356 e. The van der Waals surface area contributed by atoms with Crippen LogP contribution < -0.4 is 5.32 Å². The molecule has 0 fully saturated rings. The molecule has 1 aromatic carbocycles. The van der Waals surface area contributed by atoms with Crippen LogP contribution in [0.2, 0.25) is 0 Å². The van der Waals surface area contributed by atoms with Gasteiger partial charge in [0.25, 0.3) is 0 Å². The number of aryl methyl sites for hydroxylation is 1. The molecule has 2 aromatic rings. The standard InChI is InChI=1S/C17H23N3O/c1-17(2,11-15-12-18-13-20-15)16(21)19-10-6-9-14-7-4-3-5-8-14/h3-5,7-8,12-13H,6,9-11H2,1-2H3,(H,18,20)(H,19,21). The summed E-state index contributed by atoms with van der Waals surface area (Å²) >= 11 is 0. The first-order valence-electron chi connectivity index (χ1n) is 7.37. The van der Waals surface area contributed by atoms with E-state index in [1.807, 2.05) is 32.0 Å². The molecule has 0 aliphatic carbocycles. The Morgan fingerprint density at radius 1 is 1.29 bits per heavy atom. The largest absolute Gasteiger partial charge is 0.356 e. The maximum absolute atomic E-state index is 12.3. The summed E-state index contributed by atoms with van der Waals surface area (Å²) in [5.41, 5.74) is 1.86. The topological polar surface area (TPSA) is 57.8 Å². The molecule has 0 saturated heterocycles. The number of aromatic nitrogens is 2. The summed E-state index contributed by atoms with van der Waals surface area (Å²) in [7, 11) is 0. The van der Waals surface area contributed by atoms with Crippen molar-refractivity contribution in [1.82, 2.24) is 15.3 Å². The highest BCUT2D eigenvalue weighted by molar-refractivity contribution is 5.82. The molecule has 4 nitrogen and oxygen atoms in total. The van der Waals surface area contributed by atoms with E-state index in [0.717, 1.165) is 18.5 Å². The molecule has 2 rings (SSSR count). The van der Waals surface area contributed by atoms with Gasteiger partial charge in [0.15, 0.2) is 0 Å². The van der Waals surface area contributed by atoms with Crippen molar-refractivity contribution >= 4 is 5.91 Å². The monoisotopic (exact) mass is 285 g/mol. The Morgan fingerprint density at radius 3 is 2.71 bits per heavy atom. The van der Waals surface area contributed by atoms with E-state index in [-0.39, 0.29) is 5.91 Å². The molecule has 2 N–H and O–H groups in total. The number of aromatic amines is 1. The highest BCUT2D eigenvalue weighted by Gasteiger charge is 2.27. The van der Waals surface area contributed by atoms with Gasteiger partial charge in [0.1, 0.15) is 0 Å². The molecule has 1 amide bonds. The van der Waals surface area contributed by atoms with Crippen LogP contribution in [0.5, 0.6) is 0 Å². The zero-order valence-corrected chi connectivity index (χ0v) is 12.7. The molecular formula is C17H23N3O. The molecule has 0 unspecified atom stereocenters. The first-order chi connectivity index (χ1) is 10.1. The second-order valence-corrected chi connectivity index (χ2v) is 5.98. The van der Waals surface area contributed by atoms with Crippen molar-refractivity contribution in [2.24, 2.45) is 5.41 Å².